The molecule has 2 rings (SSSR count). The summed E-state index contributed by atoms with van der Waals surface area (Å²) in [7, 11) is -2.10. The van der Waals surface area contributed by atoms with Crippen molar-refractivity contribution in [3.05, 3.63) is 29.8 Å². The number of hydrogen-bond acceptors (Lipinski definition) is 11. The molecule has 1 fully saturated rings. The zero-order chi connectivity index (χ0) is 29.5. The number of carbonyl (C=O) groups excluding carboxylic acids is 4. The van der Waals surface area contributed by atoms with Gasteiger partial charge < -0.3 is 32.8 Å². The lowest BCUT2D eigenvalue weighted by atomic mass is 9.98. The number of rotatable bonds is 10. The highest BCUT2D eigenvalue weighted by molar-refractivity contribution is 6.74. The van der Waals surface area contributed by atoms with Gasteiger partial charge in [-0.2, -0.15) is 0 Å². The van der Waals surface area contributed by atoms with E-state index in [4.69, 9.17) is 32.8 Å². The molecule has 0 amide bonds. The van der Waals surface area contributed by atoms with Gasteiger partial charge in [0.1, 0.15) is 18.5 Å². The third-order valence-corrected chi connectivity index (χ3v) is 11.0. The lowest BCUT2D eigenvalue weighted by Gasteiger charge is -2.44. The van der Waals surface area contributed by atoms with Crippen LogP contribution in [-0.2, 0) is 53.9 Å². The molecule has 5 atom stereocenters. The largest absolute Gasteiger partial charge is 0.463 e. The molecule has 1 saturated heterocycles. The third-order valence-electron chi connectivity index (χ3n) is 6.56. The predicted octanol–water partition coefficient (Wildman–Crippen LogP) is 3.67. The van der Waals surface area contributed by atoms with E-state index in [0.29, 0.717) is 5.75 Å². The number of ether oxygens (including phenoxy) is 6. The van der Waals surface area contributed by atoms with Gasteiger partial charge in [0, 0.05) is 33.3 Å². The lowest BCUT2D eigenvalue weighted by molar-refractivity contribution is -0.288. The second-order valence-corrected chi connectivity index (χ2v) is 15.7. The van der Waals surface area contributed by atoms with E-state index in [-0.39, 0.29) is 18.3 Å². The molecule has 1 aliphatic heterocycles. The Balaban J connectivity index is 2.47. The first-order chi connectivity index (χ1) is 18.0. The maximum atomic E-state index is 12.1. The average molecular weight is 569 g/mol. The van der Waals surface area contributed by atoms with Crippen molar-refractivity contribution in [1.82, 2.24) is 0 Å². The van der Waals surface area contributed by atoms with Crippen LogP contribution in [0.4, 0.5) is 0 Å². The quantitative estimate of drug-likeness (QED) is 0.233. The zero-order valence-electron chi connectivity index (χ0n) is 24.1. The molecule has 0 saturated carbocycles. The minimum Gasteiger partial charge on any atom is -0.463 e. The molecule has 12 heteroatoms. The highest BCUT2D eigenvalue weighted by atomic mass is 28.4. The lowest BCUT2D eigenvalue weighted by Crippen LogP contribution is -2.63. The van der Waals surface area contributed by atoms with Crippen molar-refractivity contribution in [2.24, 2.45) is 0 Å². The van der Waals surface area contributed by atoms with Crippen LogP contribution < -0.4 is 4.74 Å². The van der Waals surface area contributed by atoms with Gasteiger partial charge in [-0.3, -0.25) is 19.2 Å². The first-order valence-electron chi connectivity index (χ1n) is 12.7. The highest BCUT2D eigenvalue weighted by Gasteiger charge is 2.53. The van der Waals surface area contributed by atoms with Crippen LogP contribution in [-0.4, -0.2) is 69.5 Å². The van der Waals surface area contributed by atoms with Crippen molar-refractivity contribution >= 4 is 32.2 Å². The van der Waals surface area contributed by atoms with Crippen LogP contribution >= 0.6 is 0 Å². The van der Waals surface area contributed by atoms with Crippen molar-refractivity contribution in [2.45, 2.75) is 104 Å². The molecule has 3 unspecified atom stereocenters. The van der Waals surface area contributed by atoms with E-state index in [0.717, 1.165) is 19.4 Å². The number of para-hydroxylation sites is 1. The Bertz CT molecular complexity index is 1030. The number of carbonyl (C=O) groups is 4. The Labute approximate surface area is 230 Å². The standard InChI is InChI=1S/C27H40O11Si/c1-16(28)32-15-22-23(34-17(2)29)24(35-18(3)30)25(36-19(4)31)26(38-22)37-21-13-11-10-12-20(21)14-33-39(8,9)27(5,6)7/h10-13,22-26H,14-15H2,1-9H3/t22?,23-,24?,25?,26+/m0/s1. The Morgan fingerprint density at radius 1 is 0.821 bits per heavy atom. The minimum absolute atomic E-state index is 0.0113. The topological polar surface area (TPSA) is 133 Å². The smallest absolute Gasteiger partial charge is 0.303 e. The van der Waals surface area contributed by atoms with Gasteiger partial charge in [-0.25, -0.2) is 0 Å². The van der Waals surface area contributed by atoms with Gasteiger partial charge in [-0.1, -0.05) is 39.0 Å². The van der Waals surface area contributed by atoms with Crippen molar-refractivity contribution in [1.29, 1.82) is 0 Å². The van der Waals surface area contributed by atoms with Crippen LogP contribution in [0, 0.1) is 0 Å². The molecule has 0 spiro atoms. The van der Waals surface area contributed by atoms with Gasteiger partial charge in [0.15, 0.2) is 20.5 Å². The van der Waals surface area contributed by atoms with E-state index in [2.05, 4.69) is 33.9 Å². The maximum Gasteiger partial charge on any atom is 0.303 e. The van der Waals surface area contributed by atoms with Crippen LogP contribution in [0.1, 0.15) is 54.0 Å². The summed E-state index contributed by atoms with van der Waals surface area (Å²) in [5, 5.41) is -0.0113. The molecule has 0 bridgehead atoms. The Hall–Kier alpha value is -2.96. The molecule has 1 aromatic rings. The molecule has 11 nitrogen and oxygen atoms in total. The van der Waals surface area contributed by atoms with E-state index in [1.807, 2.05) is 12.1 Å². The van der Waals surface area contributed by atoms with Crippen LogP contribution in [0.25, 0.3) is 0 Å². The molecule has 1 aromatic carbocycles. The summed E-state index contributed by atoms with van der Waals surface area (Å²) in [6, 6.07) is 7.15. The van der Waals surface area contributed by atoms with E-state index in [1.165, 1.54) is 13.8 Å². The summed E-state index contributed by atoms with van der Waals surface area (Å²) >= 11 is 0. The molecule has 218 valence electrons. The number of benzene rings is 1. The summed E-state index contributed by atoms with van der Waals surface area (Å²) in [5.74, 6) is -2.34. The number of esters is 4. The fraction of sp³-hybridized carbons (Fsp3) is 0.630. The van der Waals surface area contributed by atoms with Crippen LogP contribution in [0.3, 0.4) is 0 Å². The first-order valence-corrected chi connectivity index (χ1v) is 15.6. The fourth-order valence-corrected chi connectivity index (χ4v) is 4.57. The molecule has 0 aromatic heterocycles. The third kappa shape index (κ3) is 9.33. The Morgan fingerprint density at radius 2 is 1.36 bits per heavy atom. The second kappa shape index (κ2) is 13.4. The van der Waals surface area contributed by atoms with E-state index in [9.17, 15) is 19.2 Å². The number of hydrogen-bond donors (Lipinski definition) is 0. The molecular weight excluding hydrogens is 528 g/mol. The normalized spacial score (nSPS) is 23.4. The van der Waals surface area contributed by atoms with Gasteiger partial charge in [-0.15, -0.1) is 0 Å². The van der Waals surface area contributed by atoms with Crippen LogP contribution in [0.15, 0.2) is 24.3 Å². The summed E-state index contributed by atoms with van der Waals surface area (Å²) in [5.41, 5.74) is 0.718. The predicted molar refractivity (Wildman–Crippen MR) is 141 cm³/mol. The first kappa shape index (κ1) is 32.2. The molecular formula is C27H40O11Si. The molecule has 39 heavy (non-hydrogen) atoms. The SMILES string of the molecule is CC(=O)OCC1O[C@@H](Oc2ccccc2CO[Si](C)(C)C(C)(C)C)C(OC(C)=O)C(OC(C)=O)[C@H]1OC(C)=O. The van der Waals surface area contributed by atoms with Gasteiger partial charge in [0.25, 0.3) is 0 Å². The van der Waals surface area contributed by atoms with E-state index >= 15 is 0 Å². The second-order valence-electron chi connectivity index (χ2n) is 10.8. The van der Waals surface area contributed by atoms with E-state index < -0.39 is 62.9 Å². The molecule has 0 N–H and O–H groups in total. The van der Waals surface area contributed by atoms with Gasteiger partial charge in [-0.05, 0) is 24.2 Å². The van der Waals surface area contributed by atoms with Crippen molar-refractivity contribution in [2.75, 3.05) is 6.61 Å². The summed E-state index contributed by atoms with van der Waals surface area (Å²) < 4.78 is 40.1. The monoisotopic (exact) mass is 568 g/mol. The summed E-state index contributed by atoms with van der Waals surface area (Å²) in [6.45, 7) is 15.3. The van der Waals surface area contributed by atoms with Gasteiger partial charge >= 0.3 is 23.9 Å². The van der Waals surface area contributed by atoms with E-state index in [1.54, 1.807) is 12.1 Å². The molecule has 0 aliphatic carbocycles. The summed E-state index contributed by atoms with van der Waals surface area (Å²) in [4.78, 5) is 47.6. The molecule has 0 radical (unpaired) electrons. The van der Waals surface area contributed by atoms with Crippen molar-refractivity contribution in [3.8, 4) is 5.75 Å². The maximum absolute atomic E-state index is 12.1. The van der Waals surface area contributed by atoms with Gasteiger partial charge in [0.05, 0.1) is 6.61 Å². The van der Waals surface area contributed by atoms with Gasteiger partial charge in [0.2, 0.25) is 12.4 Å². The Kier molecular flexibility index (Phi) is 11.1. The van der Waals surface area contributed by atoms with Crippen LogP contribution in [0.2, 0.25) is 18.1 Å². The minimum atomic E-state index is -2.10. The highest BCUT2D eigenvalue weighted by Crippen LogP contribution is 2.38. The van der Waals surface area contributed by atoms with Crippen molar-refractivity contribution < 1.29 is 52.0 Å². The Morgan fingerprint density at radius 3 is 1.90 bits per heavy atom. The zero-order valence-corrected chi connectivity index (χ0v) is 25.1. The molecule has 1 aliphatic rings. The van der Waals surface area contributed by atoms with Crippen LogP contribution in [0.5, 0.6) is 5.75 Å². The van der Waals surface area contributed by atoms with Crippen molar-refractivity contribution in [3.63, 3.8) is 0 Å². The molecule has 1 heterocycles. The fourth-order valence-electron chi connectivity index (χ4n) is 3.62. The average Bonchev–Trinajstić information content (AvgIpc) is 2.79. The summed E-state index contributed by atoms with van der Waals surface area (Å²) in [6.07, 6.45) is -6.31.